The van der Waals surface area contributed by atoms with Crippen LogP contribution < -0.4 is 10.3 Å². The van der Waals surface area contributed by atoms with Gasteiger partial charge in [0.05, 0.1) is 12.1 Å². The van der Waals surface area contributed by atoms with Gasteiger partial charge in [0.2, 0.25) is 12.7 Å². The summed E-state index contributed by atoms with van der Waals surface area (Å²) in [5.74, 6) is 1.12. The Morgan fingerprint density at radius 1 is 1.07 bits per heavy atom. The first-order chi connectivity index (χ1) is 14.1. The third kappa shape index (κ3) is 4.24. The van der Waals surface area contributed by atoms with E-state index >= 15 is 0 Å². The van der Waals surface area contributed by atoms with Gasteiger partial charge in [0.15, 0.2) is 0 Å². The molecule has 2 aromatic heterocycles. The van der Waals surface area contributed by atoms with Gasteiger partial charge in [-0.25, -0.2) is 4.39 Å². The lowest BCUT2D eigenvalue weighted by Gasteiger charge is -2.07. The number of aryl methyl sites for hydroxylation is 1. The highest BCUT2D eigenvalue weighted by molar-refractivity contribution is 5.59. The van der Waals surface area contributed by atoms with Gasteiger partial charge in [-0.15, -0.1) is 0 Å². The normalized spacial score (nSPS) is 10.8. The molecule has 0 aliphatic carbocycles. The van der Waals surface area contributed by atoms with Crippen LogP contribution in [0, 0.1) is 6.92 Å². The smallest absolute Gasteiger partial charge is 0.259 e. The van der Waals surface area contributed by atoms with Crippen LogP contribution in [0.25, 0.3) is 22.8 Å². The van der Waals surface area contributed by atoms with Crippen molar-refractivity contribution < 1.29 is 13.7 Å². The summed E-state index contributed by atoms with van der Waals surface area (Å²) in [7, 11) is 0. The number of aromatic nitrogens is 3. The molecule has 0 bridgehead atoms. The van der Waals surface area contributed by atoms with Gasteiger partial charge in [-0.3, -0.25) is 4.79 Å². The minimum atomic E-state index is -0.885. The van der Waals surface area contributed by atoms with E-state index in [1.54, 1.807) is 41.1 Å². The lowest BCUT2D eigenvalue weighted by Crippen LogP contribution is -2.19. The first-order valence-corrected chi connectivity index (χ1v) is 9.02. The molecule has 0 amide bonds. The molecule has 2 aromatic carbocycles. The fraction of sp³-hybridized carbons (Fsp3) is 0.136. The van der Waals surface area contributed by atoms with Gasteiger partial charge in [-0.1, -0.05) is 35.0 Å². The van der Waals surface area contributed by atoms with Gasteiger partial charge in [0.25, 0.3) is 11.4 Å². The summed E-state index contributed by atoms with van der Waals surface area (Å²) in [6, 6.07) is 17.8. The fourth-order valence-electron chi connectivity index (χ4n) is 3.01. The molecule has 0 saturated heterocycles. The minimum Gasteiger partial charge on any atom is -0.463 e. The molecule has 0 saturated carbocycles. The molecule has 0 aliphatic heterocycles. The number of rotatable bonds is 6. The van der Waals surface area contributed by atoms with Crippen molar-refractivity contribution in [1.29, 1.82) is 0 Å². The number of halogens is 1. The van der Waals surface area contributed by atoms with Gasteiger partial charge in [-0.05, 0) is 42.8 Å². The second kappa shape index (κ2) is 8.10. The molecule has 0 aliphatic rings. The van der Waals surface area contributed by atoms with Crippen LogP contribution >= 0.6 is 0 Å². The van der Waals surface area contributed by atoms with Crippen molar-refractivity contribution in [3.63, 3.8) is 0 Å². The monoisotopic (exact) mass is 391 g/mol. The molecule has 0 spiro atoms. The van der Waals surface area contributed by atoms with E-state index in [2.05, 4.69) is 10.1 Å². The number of hydrogen-bond acceptors (Lipinski definition) is 5. The number of benzene rings is 2. The highest BCUT2D eigenvalue weighted by Crippen LogP contribution is 2.23. The first kappa shape index (κ1) is 18.6. The highest BCUT2D eigenvalue weighted by Gasteiger charge is 2.12. The summed E-state index contributed by atoms with van der Waals surface area (Å²) < 4.78 is 24.0. The SMILES string of the molecule is Cc1cccc(Cn2cc(-c3nc(-c4ccc(OCF)cc4)no3)ccc2=O)c1. The van der Waals surface area contributed by atoms with E-state index in [1.165, 1.54) is 6.07 Å². The standard InChI is InChI=1S/C22H18FN3O3/c1-15-3-2-4-16(11-15)12-26-13-18(7-10-20(26)27)22-24-21(25-29-22)17-5-8-19(9-6-17)28-14-23/h2-11,13H,12,14H2,1H3. The minimum absolute atomic E-state index is 0.113. The fourth-order valence-corrected chi connectivity index (χ4v) is 3.01. The molecule has 7 heteroatoms. The van der Waals surface area contributed by atoms with Crippen LogP contribution in [0.4, 0.5) is 4.39 Å². The molecular formula is C22H18FN3O3. The molecule has 0 fully saturated rings. The van der Waals surface area contributed by atoms with E-state index in [0.717, 1.165) is 11.1 Å². The Balaban J connectivity index is 1.60. The summed E-state index contributed by atoms with van der Waals surface area (Å²) in [5.41, 5.74) is 3.41. The number of ether oxygens (including phenoxy) is 1. The molecule has 0 atom stereocenters. The maximum Gasteiger partial charge on any atom is 0.259 e. The topological polar surface area (TPSA) is 70.2 Å². The zero-order valence-electron chi connectivity index (χ0n) is 15.7. The molecule has 4 rings (SSSR count). The Labute approximate surface area is 166 Å². The van der Waals surface area contributed by atoms with Crippen molar-refractivity contribution >= 4 is 0 Å². The largest absolute Gasteiger partial charge is 0.463 e. The van der Waals surface area contributed by atoms with Crippen LogP contribution in [0.3, 0.4) is 0 Å². The van der Waals surface area contributed by atoms with Gasteiger partial charge in [0, 0.05) is 17.8 Å². The molecule has 0 N–H and O–H groups in total. The third-order valence-electron chi connectivity index (χ3n) is 4.43. The van der Waals surface area contributed by atoms with Crippen LogP contribution in [0.2, 0.25) is 0 Å². The van der Waals surface area contributed by atoms with Gasteiger partial charge < -0.3 is 13.8 Å². The second-order valence-corrected chi connectivity index (χ2v) is 6.57. The Morgan fingerprint density at radius 3 is 2.62 bits per heavy atom. The van der Waals surface area contributed by atoms with E-state index < -0.39 is 6.86 Å². The zero-order valence-corrected chi connectivity index (χ0v) is 15.7. The van der Waals surface area contributed by atoms with Crippen LogP contribution in [0.15, 0.2) is 76.2 Å². The van der Waals surface area contributed by atoms with Gasteiger partial charge in [-0.2, -0.15) is 4.98 Å². The molecule has 2 heterocycles. The molecule has 29 heavy (non-hydrogen) atoms. The van der Waals surface area contributed by atoms with Crippen LogP contribution in [0.5, 0.6) is 5.75 Å². The van der Waals surface area contributed by atoms with Crippen molar-refractivity contribution in [2.75, 3.05) is 6.86 Å². The summed E-state index contributed by atoms with van der Waals surface area (Å²) in [6.07, 6.45) is 1.71. The van der Waals surface area contributed by atoms with E-state index in [4.69, 9.17) is 9.26 Å². The summed E-state index contributed by atoms with van der Waals surface area (Å²) in [4.78, 5) is 16.7. The average molecular weight is 391 g/mol. The Morgan fingerprint density at radius 2 is 1.86 bits per heavy atom. The molecule has 0 unspecified atom stereocenters. The molecule has 4 aromatic rings. The molecule has 6 nitrogen and oxygen atoms in total. The first-order valence-electron chi connectivity index (χ1n) is 9.02. The lowest BCUT2D eigenvalue weighted by molar-refractivity contribution is 0.192. The molecular weight excluding hydrogens is 373 g/mol. The summed E-state index contributed by atoms with van der Waals surface area (Å²) in [6.45, 7) is 1.58. The summed E-state index contributed by atoms with van der Waals surface area (Å²) in [5, 5.41) is 4.00. The van der Waals surface area contributed by atoms with Crippen LogP contribution in [-0.2, 0) is 6.54 Å². The van der Waals surface area contributed by atoms with Gasteiger partial charge >= 0.3 is 0 Å². The molecule has 0 radical (unpaired) electrons. The summed E-state index contributed by atoms with van der Waals surface area (Å²) >= 11 is 0. The quantitative estimate of drug-likeness (QED) is 0.492. The second-order valence-electron chi connectivity index (χ2n) is 6.57. The zero-order chi connectivity index (χ0) is 20.2. The van der Waals surface area contributed by atoms with Crippen molar-refractivity contribution in [3.05, 3.63) is 88.3 Å². The van der Waals surface area contributed by atoms with Crippen LogP contribution in [0.1, 0.15) is 11.1 Å². The van der Waals surface area contributed by atoms with Crippen molar-refractivity contribution in [1.82, 2.24) is 14.7 Å². The van der Waals surface area contributed by atoms with E-state index in [-0.39, 0.29) is 5.56 Å². The number of hydrogen-bond donors (Lipinski definition) is 0. The Bertz CT molecular complexity index is 1180. The Hall–Kier alpha value is -3.74. The maximum absolute atomic E-state index is 12.3. The average Bonchev–Trinajstić information content (AvgIpc) is 3.21. The number of alkyl halides is 1. The van der Waals surface area contributed by atoms with Crippen molar-refractivity contribution in [2.45, 2.75) is 13.5 Å². The maximum atomic E-state index is 12.3. The van der Waals surface area contributed by atoms with Gasteiger partial charge in [0.1, 0.15) is 5.75 Å². The highest BCUT2D eigenvalue weighted by atomic mass is 19.1. The lowest BCUT2D eigenvalue weighted by atomic mass is 10.1. The predicted molar refractivity (Wildman–Crippen MR) is 106 cm³/mol. The number of nitrogens with zero attached hydrogens (tertiary/aromatic N) is 3. The predicted octanol–water partition coefficient (Wildman–Crippen LogP) is 4.23. The van der Waals surface area contributed by atoms with E-state index in [9.17, 15) is 9.18 Å². The molecule has 146 valence electrons. The van der Waals surface area contributed by atoms with E-state index in [1.807, 2.05) is 31.2 Å². The van der Waals surface area contributed by atoms with Crippen molar-refractivity contribution in [2.24, 2.45) is 0 Å². The third-order valence-corrected chi connectivity index (χ3v) is 4.43. The van der Waals surface area contributed by atoms with Crippen LogP contribution in [-0.4, -0.2) is 21.6 Å². The number of pyridine rings is 1. The van der Waals surface area contributed by atoms with Crippen molar-refractivity contribution in [3.8, 4) is 28.6 Å². The van der Waals surface area contributed by atoms with E-state index in [0.29, 0.717) is 35.1 Å². The Kier molecular flexibility index (Phi) is 5.20.